The van der Waals surface area contributed by atoms with E-state index in [4.69, 9.17) is 9.15 Å². The van der Waals surface area contributed by atoms with E-state index in [1.165, 1.54) is 0 Å². The van der Waals surface area contributed by atoms with Crippen LogP contribution in [0.25, 0.3) is 0 Å². The zero-order valence-corrected chi connectivity index (χ0v) is 12.6. The first-order valence-corrected chi connectivity index (χ1v) is 7.18. The van der Waals surface area contributed by atoms with Gasteiger partial charge in [0, 0.05) is 19.2 Å². The molecule has 7 heteroatoms. The van der Waals surface area contributed by atoms with Crippen LogP contribution in [0, 0.1) is 13.8 Å². The van der Waals surface area contributed by atoms with Gasteiger partial charge in [-0.05, 0) is 26.0 Å². The fourth-order valence-electron chi connectivity index (χ4n) is 2.31. The van der Waals surface area contributed by atoms with Crippen molar-refractivity contribution in [1.29, 1.82) is 0 Å². The van der Waals surface area contributed by atoms with Crippen LogP contribution < -0.4 is 10.1 Å². The van der Waals surface area contributed by atoms with Crippen molar-refractivity contribution in [3.05, 3.63) is 36.0 Å². The molecule has 1 aliphatic rings. The van der Waals surface area contributed by atoms with Gasteiger partial charge in [0.05, 0.1) is 18.4 Å². The van der Waals surface area contributed by atoms with Gasteiger partial charge in [-0.15, -0.1) is 0 Å². The Morgan fingerprint density at radius 2 is 2.36 bits per heavy atom. The molecule has 2 aromatic rings. The van der Waals surface area contributed by atoms with E-state index in [1.807, 2.05) is 26.0 Å². The van der Waals surface area contributed by atoms with Gasteiger partial charge >= 0.3 is 12.0 Å². The molecule has 1 N–H and O–H groups in total. The van der Waals surface area contributed by atoms with Crippen molar-refractivity contribution in [2.45, 2.75) is 26.4 Å². The summed E-state index contributed by atoms with van der Waals surface area (Å²) in [5.41, 5.74) is 0.773. The smallest absolute Gasteiger partial charge is 0.325 e. The van der Waals surface area contributed by atoms with E-state index in [0.717, 1.165) is 12.1 Å². The van der Waals surface area contributed by atoms with E-state index in [1.54, 1.807) is 17.3 Å². The summed E-state index contributed by atoms with van der Waals surface area (Å²) in [6, 6.07) is 3.69. The van der Waals surface area contributed by atoms with Crippen LogP contribution in [-0.2, 0) is 0 Å². The number of urea groups is 1. The predicted molar refractivity (Wildman–Crippen MR) is 79.8 cm³/mol. The van der Waals surface area contributed by atoms with Crippen LogP contribution in [0.4, 0.5) is 10.8 Å². The summed E-state index contributed by atoms with van der Waals surface area (Å²) in [5.74, 6) is 1.42. The molecule has 116 valence electrons. The number of aromatic nitrogens is 2. The summed E-state index contributed by atoms with van der Waals surface area (Å²) in [7, 11) is 0. The van der Waals surface area contributed by atoms with Crippen LogP contribution in [0.3, 0.4) is 0 Å². The number of pyridine rings is 1. The molecule has 1 atom stereocenters. The second kappa shape index (κ2) is 6.05. The van der Waals surface area contributed by atoms with Crippen molar-refractivity contribution in [2.75, 3.05) is 18.4 Å². The monoisotopic (exact) mass is 302 g/mol. The lowest BCUT2D eigenvalue weighted by atomic mass is 10.3. The van der Waals surface area contributed by atoms with Crippen LogP contribution in [0.15, 0.2) is 28.9 Å². The number of amides is 2. The molecule has 3 heterocycles. The highest BCUT2D eigenvalue weighted by Gasteiger charge is 2.28. The lowest BCUT2D eigenvalue weighted by molar-refractivity contribution is 0.194. The molecule has 0 saturated carbocycles. The number of nitrogens with one attached hydrogen (secondary N) is 1. The molecule has 0 radical (unpaired) electrons. The van der Waals surface area contributed by atoms with Crippen molar-refractivity contribution in [1.82, 2.24) is 14.9 Å². The SMILES string of the molecule is Cc1nc(NC(=O)N2CCC(Oc3cccnc3)C2)oc1C. The molecule has 1 aliphatic heterocycles. The molecule has 1 fully saturated rings. The Balaban J connectivity index is 1.54. The highest BCUT2D eigenvalue weighted by molar-refractivity contribution is 5.87. The van der Waals surface area contributed by atoms with Crippen molar-refractivity contribution in [3.8, 4) is 5.75 Å². The number of hydrogen-bond donors (Lipinski definition) is 1. The first-order chi connectivity index (χ1) is 10.6. The number of hydrogen-bond acceptors (Lipinski definition) is 5. The second-order valence-corrected chi connectivity index (χ2v) is 5.25. The molecule has 0 spiro atoms. The quantitative estimate of drug-likeness (QED) is 0.941. The number of carbonyl (C=O) groups is 1. The van der Waals surface area contributed by atoms with Gasteiger partial charge in [0.1, 0.15) is 17.6 Å². The van der Waals surface area contributed by atoms with Crippen LogP contribution >= 0.6 is 0 Å². The normalized spacial score (nSPS) is 17.5. The number of anilines is 1. The molecule has 1 saturated heterocycles. The Morgan fingerprint density at radius 3 is 3.05 bits per heavy atom. The number of likely N-dealkylation sites (tertiary alicyclic amines) is 1. The summed E-state index contributed by atoms with van der Waals surface area (Å²) in [6.07, 6.45) is 4.12. The maximum absolute atomic E-state index is 12.2. The predicted octanol–water partition coefficient (Wildman–Crippen LogP) is 2.37. The maximum Gasteiger partial charge on any atom is 0.325 e. The summed E-state index contributed by atoms with van der Waals surface area (Å²) in [4.78, 5) is 22.0. The minimum Gasteiger partial charge on any atom is -0.487 e. The van der Waals surface area contributed by atoms with Crippen molar-refractivity contribution >= 4 is 12.0 Å². The third-order valence-corrected chi connectivity index (χ3v) is 3.61. The van der Waals surface area contributed by atoms with E-state index >= 15 is 0 Å². The van der Waals surface area contributed by atoms with E-state index in [0.29, 0.717) is 24.6 Å². The number of nitrogens with zero attached hydrogens (tertiary/aromatic N) is 3. The highest BCUT2D eigenvalue weighted by atomic mass is 16.5. The van der Waals surface area contributed by atoms with Gasteiger partial charge in [0.25, 0.3) is 0 Å². The Bertz CT molecular complexity index is 637. The van der Waals surface area contributed by atoms with Crippen molar-refractivity contribution in [2.24, 2.45) is 0 Å². The number of aryl methyl sites for hydroxylation is 2. The first kappa shape index (κ1) is 14.4. The molecular weight excluding hydrogens is 284 g/mol. The number of carbonyl (C=O) groups excluding carboxylic acids is 1. The maximum atomic E-state index is 12.2. The molecule has 3 rings (SSSR count). The molecule has 2 amide bonds. The zero-order valence-electron chi connectivity index (χ0n) is 12.6. The number of oxazole rings is 1. The molecular formula is C15H18N4O3. The summed E-state index contributed by atoms with van der Waals surface area (Å²) in [6.45, 7) is 4.81. The summed E-state index contributed by atoms with van der Waals surface area (Å²) in [5, 5.41) is 2.67. The third kappa shape index (κ3) is 3.19. The fourth-order valence-corrected chi connectivity index (χ4v) is 2.31. The third-order valence-electron chi connectivity index (χ3n) is 3.61. The average Bonchev–Trinajstić information content (AvgIpc) is 3.08. The van der Waals surface area contributed by atoms with Crippen LogP contribution in [0.2, 0.25) is 0 Å². The van der Waals surface area contributed by atoms with Gasteiger partial charge in [-0.25, -0.2) is 4.79 Å². The molecule has 22 heavy (non-hydrogen) atoms. The molecule has 0 aromatic carbocycles. The average molecular weight is 302 g/mol. The molecule has 0 bridgehead atoms. The standard InChI is InChI=1S/C15H18N4O3/c1-10-11(2)21-14(17-10)18-15(20)19-7-5-13(9-19)22-12-4-3-6-16-8-12/h3-4,6,8,13H,5,7,9H2,1-2H3,(H,17,18,20). The summed E-state index contributed by atoms with van der Waals surface area (Å²) >= 11 is 0. The van der Waals surface area contributed by atoms with Crippen LogP contribution in [-0.4, -0.2) is 40.1 Å². The van der Waals surface area contributed by atoms with E-state index < -0.39 is 0 Å². The van der Waals surface area contributed by atoms with E-state index in [9.17, 15) is 4.79 Å². The fraction of sp³-hybridized carbons (Fsp3) is 0.400. The zero-order chi connectivity index (χ0) is 15.5. The first-order valence-electron chi connectivity index (χ1n) is 7.18. The Morgan fingerprint density at radius 1 is 1.50 bits per heavy atom. The molecule has 1 unspecified atom stereocenters. The highest BCUT2D eigenvalue weighted by Crippen LogP contribution is 2.19. The number of ether oxygens (including phenoxy) is 1. The van der Waals surface area contributed by atoms with Crippen LogP contribution in [0.1, 0.15) is 17.9 Å². The van der Waals surface area contributed by atoms with E-state index in [-0.39, 0.29) is 18.1 Å². The van der Waals surface area contributed by atoms with Gasteiger partial charge in [-0.2, -0.15) is 4.98 Å². The number of rotatable bonds is 3. The second-order valence-electron chi connectivity index (χ2n) is 5.25. The van der Waals surface area contributed by atoms with Gasteiger partial charge in [0.15, 0.2) is 0 Å². The minimum absolute atomic E-state index is 0.0250. The Labute approximate surface area is 128 Å². The lowest BCUT2D eigenvalue weighted by Gasteiger charge is -2.16. The summed E-state index contributed by atoms with van der Waals surface area (Å²) < 4.78 is 11.2. The molecule has 2 aromatic heterocycles. The van der Waals surface area contributed by atoms with Crippen molar-refractivity contribution in [3.63, 3.8) is 0 Å². The molecule has 0 aliphatic carbocycles. The lowest BCUT2D eigenvalue weighted by Crippen LogP contribution is -2.34. The van der Waals surface area contributed by atoms with Gasteiger partial charge in [-0.3, -0.25) is 10.3 Å². The minimum atomic E-state index is -0.224. The van der Waals surface area contributed by atoms with Gasteiger partial charge < -0.3 is 14.1 Å². The Hall–Kier alpha value is -2.57. The topological polar surface area (TPSA) is 80.5 Å². The van der Waals surface area contributed by atoms with Gasteiger partial charge in [-0.1, -0.05) is 0 Å². The largest absolute Gasteiger partial charge is 0.487 e. The van der Waals surface area contributed by atoms with E-state index in [2.05, 4.69) is 15.3 Å². The Kier molecular flexibility index (Phi) is 3.95. The van der Waals surface area contributed by atoms with Crippen molar-refractivity contribution < 1.29 is 13.9 Å². The van der Waals surface area contributed by atoms with Crippen LogP contribution in [0.5, 0.6) is 5.75 Å². The molecule has 7 nitrogen and oxygen atoms in total. The van der Waals surface area contributed by atoms with Gasteiger partial charge in [0.2, 0.25) is 0 Å².